The molecule has 0 aromatic heterocycles. The van der Waals surface area contributed by atoms with E-state index in [-0.39, 0.29) is 0 Å². The van der Waals surface area contributed by atoms with Crippen LogP contribution in [0.5, 0.6) is 0 Å². The van der Waals surface area contributed by atoms with Gasteiger partial charge in [0.05, 0.1) is 6.61 Å². The molecular weight excluding hydrogens is 200 g/mol. The predicted octanol–water partition coefficient (Wildman–Crippen LogP) is 2.77. The molecule has 80 valence electrons. The number of alkyl halides is 1. The Hall–Kier alpha value is -0.0500. The average Bonchev–Trinajstić information content (AvgIpc) is 2.84. The molecule has 2 fully saturated rings. The van der Waals surface area contributed by atoms with Crippen molar-refractivity contribution < 1.29 is 9.78 Å². The first-order valence-electron chi connectivity index (χ1n) is 5.38. The van der Waals surface area contributed by atoms with Crippen LogP contribution in [0.1, 0.15) is 19.8 Å². The molecule has 3 unspecified atom stereocenters. The summed E-state index contributed by atoms with van der Waals surface area (Å²) in [7, 11) is 0. The molecule has 0 heterocycles. The van der Waals surface area contributed by atoms with E-state index in [9.17, 15) is 0 Å². The Morgan fingerprint density at radius 3 is 2.86 bits per heavy atom. The van der Waals surface area contributed by atoms with Crippen LogP contribution < -0.4 is 0 Å². The van der Waals surface area contributed by atoms with Gasteiger partial charge in [0.1, 0.15) is 6.61 Å². The fourth-order valence-electron chi connectivity index (χ4n) is 2.37. The maximum atomic E-state index is 6.22. The van der Waals surface area contributed by atoms with Crippen LogP contribution in [0.15, 0.2) is 12.2 Å². The van der Waals surface area contributed by atoms with Crippen molar-refractivity contribution in [3.63, 3.8) is 0 Å². The average molecular weight is 217 g/mol. The van der Waals surface area contributed by atoms with E-state index >= 15 is 0 Å². The molecule has 2 aliphatic rings. The molecule has 0 spiro atoms. The minimum absolute atomic E-state index is 0.349. The van der Waals surface area contributed by atoms with Crippen LogP contribution in [-0.2, 0) is 9.78 Å². The normalized spacial score (nSPS) is 40.4. The second kappa shape index (κ2) is 4.65. The molecule has 0 aromatic carbocycles. The fraction of sp³-hybridized carbons (Fsp3) is 0.818. The molecule has 14 heavy (non-hydrogen) atoms. The van der Waals surface area contributed by atoms with Gasteiger partial charge in [-0.2, -0.15) is 0 Å². The Balaban J connectivity index is 1.68. The molecule has 2 nitrogen and oxygen atoms in total. The van der Waals surface area contributed by atoms with Crippen molar-refractivity contribution in [2.24, 2.45) is 17.8 Å². The van der Waals surface area contributed by atoms with Gasteiger partial charge in [0.2, 0.25) is 0 Å². The molecule has 2 saturated carbocycles. The van der Waals surface area contributed by atoms with Crippen molar-refractivity contribution in [3.8, 4) is 0 Å². The topological polar surface area (TPSA) is 18.5 Å². The summed E-state index contributed by atoms with van der Waals surface area (Å²) in [4.78, 5) is 9.67. The Bertz CT molecular complexity index is 215. The van der Waals surface area contributed by atoms with Gasteiger partial charge in [0.25, 0.3) is 0 Å². The van der Waals surface area contributed by atoms with E-state index in [1.165, 1.54) is 12.8 Å². The molecule has 0 amide bonds. The van der Waals surface area contributed by atoms with Gasteiger partial charge in [0, 0.05) is 5.38 Å². The molecule has 0 aromatic rings. The summed E-state index contributed by atoms with van der Waals surface area (Å²) in [6.07, 6.45) is 6.81. The Morgan fingerprint density at radius 1 is 1.36 bits per heavy atom. The third-order valence-corrected chi connectivity index (χ3v) is 3.61. The molecule has 0 N–H and O–H groups in total. The molecule has 0 radical (unpaired) electrons. The smallest absolute Gasteiger partial charge is 0.100 e. The van der Waals surface area contributed by atoms with E-state index < -0.39 is 0 Å². The van der Waals surface area contributed by atoms with Crippen molar-refractivity contribution in [2.45, 2.75) is 25.1 Å². The Labute approximate surface area is 90.1 Å². The van der Waals surface area contributed by atoms with E-state index in [2.05, 4.69) is 6.08 Å². The number of hydrogen-bond donors (Lipinski definition) is 0. The Kier molecular flexibility index (Phi) is 3.47. The number of allylic oxidation sites excluding steroid dienone is 1. The van der Waals surface area contributed by atoms with Crippen molar-refractivity contribution >= 4 is 11.6 Å². The summed E-state index contributed by atoms with van der Waals surface area (Å²) in [6, 6.07) is 0. The molecule has 0 saturated heterocycles. The maximum absolute atomic E-state index is 6.22. The molecule has 3 heteroatoms. The second-order valence-corrected chi connectivity index (χ2v) is 4.67. The van der Waals surface area contributed by atoms with E-state index in [0.717, 1.165) is 11.8 Å². The lowest BCUT2D eigenvalue weighted by atomic mass is 10.0. The number of halogens is 1. The number of fused-ring (bicyclic) bond motifs is 1. The standard InChI is InChI=1S/C11H17ClO2/c1-2-13-14-5-3-4-9-10-6-8(10)7-11(9)12/h3-4,8-11H,2,5-7H2,1H3/b4-3+/t8-,9?,10?,11?/m0/s1. The lowest BCUT2D eigenvalue weighted by Gasteiger charge is -2.11. The monoisotopic (exact) mass is 216 g/mol. The quantitative estimate of drug-likeness (QED) is 0.231. The third-order valence-electron chi connectivity index (χ3n) is 3.14. The first kappa shape index (κ1) is 10.5. The van der Waals surface area contributed by atoms with Crippen LogP contribution in [0.25, 0.3) is 0 Å². The highest BCUT2D eigenvalue weighted by atomic mass is 35.5. The van der Waals surface area contributed by atoms with Crippen molar-refractivity contribution in [3.05, 3.63) is 12.2 Å². The van der Waals surface area contributed by atoms with Crippen LogP contribution >= 0.6 is 11.6 Å². The van der Waals surface area contributed by atoms with E-state index in [4.69, 9.17) is 21.4 Å². The maximum Gasteiger partial charge on any atom is 0.100 e. The first-order valence-corrected chi connectivity index (χ1v) is 5.81. The van der Waals surface area contributed by atoms with E-state index in [1.54, 1.807) is 0 Å². The minimum Gasteiger partial charge on any atom is -0.237 e. The van der Waals surface area contributed by atoms with Gasteiger partial charge in [-0.05, 0) is 37.5 Å². The predicted molar refractivity (Wildman–Crippen MR) is 56.1 cm³/mol. The zero-order valence-corrected chi connectivity index (χ0v) is 9.24. The summed E-state index contributed by atoms with van der Waals surface area (Å²) in [5, 5.41) is 0.349. The Morgan fingerprint density at radius 2 is 2.21 bits per heavy atom. The minimum atomic E-state index is 0.349. The van der Waals surface area contributed by atoms with Crippen molar-refractivity contribution in [2.75, 3.05) is 13.2 Å². The molecule has 4 atom stereocenters. The SMILES string of the molecule is CCOOC/C=C/C1C(Cl)C[C@@H]2CC12. The number of rotatable bonds is 5. The van der Waals surface area contributed by atoms with Crippen LogP contribution in [0.3, 0.4) is 0 Å². The third kappa shape index (κ3) is 2.30. The summed E-state index contributed by atoms with van der Waals surface area (Å²) in [5.74, 6) is 2.35. The van der Waals surface area contributed by atoms with Crippen LogP contribution in [0.2, 0.25) is 0 Å². The van der Waals surface area contributed by atoms with Gasteiger partial charge in [-0.3, -0.25) is 0 Å². The number of hydrogen-bond acceptors (Lipinski definition) is 2. The van der Waals surface area contributed by atoms with Gasteiger partial charge in [-0.15, -0.1) is 11.6 Å². The van der Waals surface area contributed by atoms with Gasteiger partial charge < -0.3 is 0 Å². The lowest BCUT2D eigenvalue weighted by molar-refractivity contribution is -0.282. The van der Waals surface area contributed by atoms with Gasteiger partial charge in [-0.25, -0.2) is 9.78 Å². The van der Waals surface area contributed by atoms with Crippen LogP contribution in [0.4, 0.5) is 0 Å². The van der Waals surface area contributed by atoms with Crippen LogP contribution in [0, 0.1) is 17.8 Å². The molecule has 2 aliphatic carbocycles. The van der Waals surface area contributed by atoms with Crippen molar-refractivity contribution in [1.82, 2.24) is 0 Å². The van der Waals surface area contributed by atoms with Crippen LogP contribution in [-0.4, -0.2) is 18.6 Å². The van der Waals surface area contributed by atoms with Gasteiger partial charge in [0.15, 0.2) is 0 Å². The summed E-state index contributed by atoms with van der Waals surface area (Å²) >= 11 is 6.22. The molecular formula is C11H17ClO2. The summed E-state index contributed by atoms with van der Waals surface area (Å²) in [5.41, 5.74) is 0. The zero-order chi connectivity index (χ0) is 9.97. The first-order chi connectivity index (χ1) is 6.83. The summed E-state index contributed by atoms with van der Waals surface area (Å²) < 4.78 is 0. The van der Waals surface area contributed by atoms with E-state index in [1.807, 2.05) is 13.0 Å². The van der Waals surface area contributed by atoms with Gasteiger partial charge in [-0.1, -0.05) is 12.2 Å². The molecule has 2 rings (SSSR count). The van der Waals surface area contributed by atoms with Crippen molar-refractivity contribution in [1.29, 1.82) is 0 Å². The second-order valence-electron chi connectivity index (χ2n) is 4.11. The highest BCUT2D eigenvalue weighted by Crippen LogP contribution is 2.57. The zero-order valence-electron chi connectivity index (χ0n) is 8.49. The highest BCUT2D eigenvalue weighted by Gasteiger charge is 2.51. The lowest BCUT2D eigenvalue weighted by Crippen LogP contribution is -2.09. The molecule has 0 bridgehead atoms. The van der Waals surface area contributed by atoms with E-state index in [0.29, 0.717) is 24.5 Å². The highest BCUT2D eigenvalue weighted by molar-refractivity contribution is 6.21. The largest absolute Gasteiger partial charge is 0.237 e. The van der Waals surface area contributed by atoms with Gasteiger partial charge >= 0.3 is 0 Å². The molecule has 0 aliphatic heterocycles. The summed E-state index contributed by atoms with van der Waals surface area (Å²) in [6.45, 7) is 3.04. The fourth-order valence-corrected chi connectivity index (χ4v) is 2.87.